The van der Waals surface area contributed by atoms with Gasteiger partial charge in [0.2, 0.25) is 5.95 Å². The number of hydrogen-bond acceptors (Lipinski definition) is 5. The lowest BCUT2D eigenvalue weighted by Gasteiger charge is -2.41. The van der Waals surface area contributed by atoms with Crippen LogP contribution in [0.25, 0.3) is 0 Å². The molecule has 0 aromatic carbocycles. The van der Waals surface area contributed by atoms with E-state index in [1.807, 2.05) is 19.3 Å². The van der Waals surface area contributed by atoms with Gasteiger partial charge in [0, 0.05) is 49.6 Å². The third-order valence-corrected chi connectivity index (χ3v) is 4.27. The Hall–Kier alpha value is -1.20. The topological polar surface area (TPSA) is 61.3 Å². The Morgan fingerprint density at radius 1 is 1.35 bits per heavy atom. The van der Waals surface area contributed by atoms with Gasteiger partial charge in [-0.1, -0.05) is 6.92 Å². The van der Waals surface area contributed by atoms with Crippen LogP contribution in [0.2, 0.25) is 0 Å². The smallest absolute Gasteiger partial charge is 0.222 e. The summed E-state index contributed by atoms with van der Waals surface area (Å²) in [5, 5.41) is 12.8. The van der Waals surface area contributed by atoms with Gasteiger partial charge in [-0.15, -0.1) is 0 Å². The molecule has 1 aromatic heterocycles. The minimum absolute atomic E-state index is 0.0861. The summed E-state index contributed by atoms with van der Waals surface area (Å²) in [7, 11) is 0. The second-order valence-electron chi connectivity index (χ2n) is 5.77. The van der Waals surface area contributed by atoms with E-state index in [1.165, 1.54) is 0 Å². The summed E-state index contributed by atoms with van der Waals surface area (Å²) in [6.07, 6.45) is 7.12. The standard InChI is InChI=1S/C15H26N4O/c1-3-15(12-20)6-5-7-19(11-15)10-13-8-17-14(16-4-2)18-9-13/h8-9,20H,3-7,10-12H2,1-2H3,(H,16,17,18). The number of rotatable bonds is 6. The first-order valence-corrected chi connectivity index (χ1v) is 7.59. The van der Waals surface area contributed by atoms with Gasteiger partial charge in [0.15, 0.2) is 0 Å². The molecular weight excluding hydrogens is 252 g/mol. The maximum atomic E-state index is 9.66. The van der Waals surface area contributed by atoms with E-state index in [-0.39, 0.29) is 12.0 Å². The van der Waals surface area contributed by atoms with Crippen LogP contribution in [-0.2, 0) is 6.54 Å². The summed E-state index contributed by atoms with van der Waals surface area (Å²) in [6.45, 7) is 8.26. The molecule has 5 heteroatoms. The van der Waals surface area contributed by atoms with Crippen LogP contribution in [0.15, 0.2) is 12.4 Å². The Labute approximate surface area is 121 Å². The lowest BCUT2D eigenvalue weighted by Crippen LogP contribution is -2.44. The van der Waals surface area contributed by atoms with Crippen molar-refractivity contribution in [1.29, 1.82) is 0 Å². The molecule has 0 radical (unpaired) electrons. The molecule has 1 fully saturated rings. The zero-order valence-corrected chi connectivity index (χ0v) is 12.6. The van der Waals surface area contributed by atoms with Gasteiger partial charge in [0.1, 0.15) is 0 Å². The van der Waals surface area contributed by atoms with Crippen LogP contribution in [0.3, 0.4) is 0 Å². The molecule has 0 saturated carbocycles. The molecule has 1 saturated heterocycles. The molecule has 2 rings (SSSR count). The van der Waals surface area contributed by atoms with Crippen LogP contribution < -0.4 is 5.32 Å². The van der Waals surface area contributed by atoms with E-state index >= 15 is 0 Å². The van der Waals surface area contributed by atoms with Crippen LogP contribution in [0.1, 0.15) is 38.7 Å². The van der Waals surface area contributed by atoms with Crippen molar-refractivity contribution in [2.24, 2.45) is 5.41 Å². The van der Waals surface area contributed by atoms with Crippen LogP contribution in [0.5, 0.6) is 0 Å². The number of hydrogen-bond donors (Lipinski definition) is 2. The van der Waals surface area contributed by atoms with Gasteiger partial charge >= 0.3 is 0 Å². The molecule has 5 nitrogen and oxygen atoms in total. The van der Waals surface area contributed by atoms with Crippen molar-refractivity contribution < 1.29 is 5.11 Å². The van der Waals surface area contributed by atoms with Crippen molar-refractivity contribution >= 4 is 5.95 Å². The third kappa shape index (κ3) is 3.67. The highest BCUT2D eigenvalue weighted by atomic mass is 16.3. The fourth-order valence-electron chi connectivity index (χ4n) is 2.92. The molecule has 0 amide bonds. The van der Waals surface area contributed by atoms with Crippen LogP contribution in [-0.4, -0.2) is 46.2 Å². The summed E-state index contributed by atoms with van der Waals surface area (Å²) < 4.78 is 0. The quantitative estimate of drug-likeness (QED) is 0.832. The average Bonchev–Trinajstić information content (AvgIpc) is 2.50. The van der Waals surface area contributed by atoms with Crippen LogP contribution >= 0.6 is 0 Å². The second-order valence-corrected chi connectivity index (χ2v) is 5.77. The zero-order valence-electron chi connectivity index (χ0n) is 12.6. The van der Waals surface area contributed by atoms with E-state index in [2.05, 4.69) is 27.1 Å². The maximum Gasteiger partial charge on any atom is 0.222 e. The Balaban J connectivity index is 1.95. The number of likely N-dealkylation sites (tertiary alicyclic amines) is 1. The van der Waals surface area contributed by atoms with E-state index in [0.29, 0.717) is 5.95 Å². The molecule has 112 valence electrons. The zero-order chi connectivity index (χ0) is 14.4. The van der Waals surface area contributed by atoms with E-state index < -0.39 is 0 Å². The highest BCUT2D eigenvalue weighted by Gasteiger charge is 2.33. The Morgan fingerprint density at radius 3 is 2.70 bits per heavy atom. The molecule has 0 aliphatic carbocycles. The largest absolute Gasteiger partial charge is 0.396 e. The molecule has 0 spiro atoms. The molecule has 2 N–H and O–H groups in total. The first-order valence-electron chi connectivity index (χ1n) is 7.59. The van der Waals surface area contributed by atoms with E-state index in [4.69, 9.17) is 0 Å². The number of piperidine rings is 1. The minimum Gasteiger partial charge on any atom is -0.396 e. The van der Waals surface area contributed by atoms with Gasteiger partial charge in [0.25, 0.3) is 0 Å². The number of nitrogens with one attached hydrogen (secondary N) is 1. The molecule has 1 aromatic rings. The fourth-order valence-corrected chi connectivity index (χ4v) is 2.92. The van der Waals surface area contributed by atoms with E-state index in [9.17, 15) is 5.11 Å². The highest BCUT2D eigenvalue weighted by Crippen LogP contribution is 2.33. The lowest BCUT2D eigenvalue weighted by atomic mass is 9.78. The maximum absolute atomic E-state index is 9.66. The number of nitrogens with zero attached hydrogens (tertiary/aromatic N) is 3. The van der Waals surface area contributed by atoms with Crippen molar-refractivity contribution in [3.8, 4) is 0 Å². The molecule has 1 atom stereocenters. The first kappa shape index (κ1) is 15.2. The van der Waals surface area contributed by atoms with Gasteiger partial charge in [-0.2, -0.15) is 0 Å². The minimum atomic E-state index is 0.0861. The summed E-state index contributed by atoms with van der Waals surface area (Å²) in [4.78, 5) is 11.0. The van der Waals surface area contributed by atoms with Gasteiger partial charge in [0.05, 0.1) is 0 Å². The number of aliphatic hydroxyl groups excluding tert-OH is 1. The van der Waals surface area contributed by atoms with Crippen molar-refractivity contribution in [3.05, 3.63) is 18.0 Å². The van der Waals surface area contributed by atoms with Crippen LogP contribution in [0, 0.1) is 5.41 Å². The summed E-state index contributed by atoms with van der Waals surface area (Å²) >= 11 is 0. The predicted octanol–water partition coefficient (Wildman–Crippen LogP) is 1.89. The van der Waals surface area contributed by atoms with Crippen molar-refractivity contribution in [2.75, 3.05) is 31.6 Å². The normalized spacial score (nSPS) is 23.8. The Morgan fingerprint density at radius 2 is 2.10 bits per heavy atom. The van der Waals surface area contributed by atoms with E-state index in [0.717, 1.165) is 51.0 Å². The Bertz CT molecular complexity index is 403. The van der Waals surface area contributed by atoms with Crippen molar-refractivity contribution in [1.82, 2.24) is 14.9 Å². The summed E-state index contributed by atoms with van der Waals surface area (Å²) in [5.74, 6) is 0.688. The fraction of sp³-hybridized carbons (Fsp3) is 0.733. The second kappa shape index (κ2) is 6.99. The number of aliphatic hydroxyl groups is 1. The molecule has 1 unspecified atom stereocenters. The SMILES string of the molecule is CCNc1ncc(CN2CCCC(CC)(CO)C2)cn1. The van der Waals surface area contributed by atoms with Gasteiger partial charge < -0.3 is 10.4 Å². The van der Waals surface area contributed by atoms with Crippen molar-refractivity contribution in [3.63, 3.8) is 0 Å². The third-order valence-electron chi connectivity index (χ3n) is 4.27. The van der Waals surface area contributed by atoms with E-state index in [1.54, 1.807) is 0 Å². The monoisotopic (exact) mass is 278 g/mol. The molecule has 20 heavy (non-hydrogen) atoms. The molecule has 0 bridgehead atoms. The van der Waals surface area contributed by atoms with Crippen LogP contribution in [0.4, 0.5) is 5.95 Å². The lowest BCUT2D eigenvalue weighted by molar-refractivity contribution is 0.0257. The molecule has 1 aliphatic heterocycles. The average molecular weight is 278 g/mol. The first-order chi connectivity index (χ1) is 9.71. The predicted molar refractivity (Wildman–Crippen MR) is 80.5 cm³/mol. The summed E-state index contributed by atoms with van der Waals surface area (Å²) in [6, 6.07) is 0. The Kier molecular flexibility index (Phi) is 5.31. The summed E-state index contributed by atoms with van der Waals surface area (Å²) in [5.41, 5.74) is 1.22. The molecular formula is C15H26N4O. The molecule has 2 heterocycles. The molecule has 1 aliphatic rings. The van der Waals surface area contributed by atoms with Gasteiger partial charge in [-0.05, 0) is 32.7 Å². The van der Waals surface area contributed by atoms with Crippen molar-refractivity contribution in [2.45, 2.75) is 39.7 Å². The highest BCUT2D eigenvalue weighted by molar-refractivity contribution is 5.24. The number of aromatic nitrogens is 2. The number of anilines is 1. The van der Waals surface area contributed by atoms with Gasteiger partial charge in [-0.25, -0.2) is 9.97 Å². The van der Waals surface area contributed by atoms with Gasteiger partial charge in [-0.3, -0.25) is 4.90 Å².